The van der Waals surface area contributed by atoms with Crippen molar-refractivity contribution in [2.24, 2.45) is 7.05 Å². The Morgan fingerprint density at radius 2 is 2.10 bits per heavy atom. The largest absolute Gasteiger partial charge is 0.444 e. The van der Waals surface area contributed by atoms with Crippen LogP contribution in [0.3, 0.4) is 0 Å². The molecule has 0 atom stereocenters. The van der Waals surface area contributed by atoms with E-state index in [2.05, 4.69) is 15.6 Å². The third-order valence-corrected chi connectivity index (χ3v) is 2.41. The molecule has 1 aromatic rings. The van der Waals surface area contributed by atoms with Crippen molar-refractivity contribution in [1.82, 2.24) is 20.2 Å². The minimum absolute atomic E-state index is 0.398. The summed E-state index contributed by atoms with van der Waals surface area (Å²) in [5.74, 6) is 0. The van der Waals surface area contributed by atoms with E-state index in [0.29, 0.717) is 6.54 Å². The SMILES string of the molecule is Cn1cncc1CNC/C=C/CNC(=O)OC(C)(C)C. The van der Waals surface area contributed by atoms with E-state index in [4.69, 9.17) is 4.74 Å². The van der Waals surface area contributed by atoms with Crippen molar-refractivity contribution in [3.8, 4) is 0 Å². The van der Waals surface area contributed by atoms with Gasteiger partial charge in [0.2, 0.25) is 0 Å². The molecule has 0 saturated carbocycles. The molecule has 0 spiro atoms. The van der Waals surface area contributed by atoms with Crippen LogP contribution in [0.1, 0.15) is 26.5 Å². The smallest absolute Gasteiger partial charge is 0.407 e. The molecule has 1 aromatic heterocycles. The summed E-state index contributed by atoms with van der Waals surface area (Å²) in [5.41, 5.74) is 0.670. The highest BCUT2D eigenvalue weighted by Crippen LogP contribution is 2.06. The third-order valence-electron chi connectivity index (χ3n) is 2.41. The standard InChI is InChI=1S/C14H24N4O2/c1-14(2,3)20-13(19)17-8-6-5-7-15-9-12-10-16-11-18(12)4/h5-6,10-11,15H,7-9H2,1-4H3,(H,17,19)/b6-5+. The minimum Gasteiger partial charge on any atom is -0.444 e. The number of rotatable bonds is 6. The Labute approximate surface area is 120 Å². The molecule has 112 valence electrons. The molecule has 2 N–H and O–H groups in total. The fourth-order valence-electron chi connectivity index (χ4n) is 1.46. The van der Waals surface area contributed by atoms with Gasteiger partial charge < -0.3 is 19.9 Å². The van der Waals surface area contributed by atoms with Gasteiger partial charge in [0.1, 0.15) is 5.60 Å². The second kappa shape index (κ2) is 7.69. The summed E-state index contributed by atoms with van der Waals surface area (Å²) in [6.07, 6.45) is 7.07. The average molecular weight is 280 g/mol. The zero-order valence-corrected chi connectivity index (χ0v) is 12.6. The maximum atomic E-state index is 11.3. The van der Waals surface area contributed by atoms with Crippen LogP contribution < -0.4 is 10.6 Å². The summed E-state index contributed by atoms with van der Waals surface area (Å²) in [6, 6.07) is 0. The first-order valence-corrected chi connectivity index (χ1v) is 6.66. The summed E-state index contributed by atoms with van der Waals surface area (Å²) in [7, 11) is 1.96. The molecule has 1 rings (SSSR count). The summed E-state index contributed by atoms with van der Waals surface area (Å²) >= 11 is 0. The van der Waals surface area contributed by atoms with Crippen LogP contribution in [0, 0.1) is 0 Å². The number of carbonyl (C=O) groups is 1. The first-order chi connectivity index (χ1) is 9.38. The fraction of sp³-hybridized carbons (Fsp3) is 0.571. The number of imidazole rings is 1. The molecule has 0 fully saturated rings. The number of hydrogen-bond acceptors (Lipinski definition) is 4. The zero-order chi connectivity index (χ0) is 15.0. The number of aromatic nitrogens is 2. The third kappa shape index (κ3) is 6.94. The summed E-state index contributed by atoms with van der Waals surface area (Å²) < 4.78 is 7.09. The van der Waals surface area contributed by atoms with Gasteiger partial charge in [-0.3, -0.25) is 0 Å². The van der Waals surface area contributed by atoms with Gasteiger partial charge in [0.15, 0.2) is 0 Å². The maximum Gasteiger partial charge on any atom is 0.407 e. The van der Waals surface area contributed by atoms with Gasteiger partial charge in [-0.1, -0.05) is 12.2 Å². The predicted molar refractivity (Wildman–Crippen MR) is 78.3 cm³/mol. The maximum absolute atomic E-state index is 11.3. The molecule has 0 saturated heterocycles. The van der Waals surface area contributed by atoms with Gasteiger partial charge in [-0.15, -0.1) is 0 Å². The molecule has 0 bridgehead atoms. The second-order valence-corrected chi connectivity index (χ2v) is 5.48. The lowest BCUT2D eigenvalue weighted by atomic mass is 10.2. The highest BCUT2D eigenvalue weighted by molar-refractivity contribution is 5.67. The highest BCUT2D eigenvalue weighted by atomic mass is 16.6. The molecule has 0 unspecified atom stereocenters. The van der Waals surface area contributed by atoms with Crippen molar-refractivity contribution >= 4 is 6.09 Å². The Balaban J connectivity index is 2.08. The Hall–Kier alpha value is -1.82. The number of alkyl carbamates (subject to hydrolysis) is 1. The number of nitrogens with one attached hydrogen (secondary N) is 2. The number of aryl methyl sites for hydroxylation is 1. The lowest BCUT2D eigenvalue weighted by Gasteiger charge is -2.19. The minimum atomic E-state index is -0.460. The van der Waals surface area contributed by atoms with E-state index in [1.54, 1.807) is 6.33 Å². The van der Waals surface area contributed by atoms with Crippen LogP contribution in [-0.2, 0) is 18.3 Å². The first kappa shape index (κ1) is 16.2. The Morgan fingerprint density at radius 1 is 1.40 bits per heavy atom. The molecule has 1 amide bonds. The number of hydrogen-bond donors (Lipinski definition) is 2. The van der Waals surface area contributed by atoms with Crippen molar-refractivity contribution in [2.75, 3.05) is 13.1 Å². The lowest BCUT2D eigenvalue weighted by Crippen LogP contribution is -2.32. The summed E-state index contributed by atoms with van der Waals surface area (Å²) in [6.45, 7) is 7.48. The van der Waals surface area contributed by atoms with Gasteiger partial charge in [0, 0.05) is 32.9 Å². The average Bonchev–Trinajstić information content (AvgIpc) is 2.71. The van der Waals surface area contributed by atoms with Crippen molar-refractivity contribution in [1.29, 1.82) is 0 Å². The highest BCUT2D eigenvalue weighted by Gasteiger charge is 2.14. The van der Waals surface area contributed by atoms with E-state index < -0.39 is 11.7 Å². The monoisotopic (exact) mass is 280 g/mol. The van der Waals surface area contributed by atoms with Crippen molar-refractivity contribution in [3.05, 3.63) is 30.4 Å². The molecule has 0 aromatic carbocycles. The summed E-state index contributed by atoms with van der Waals surface area (Å²) in [4.78, 5) is 15.4. The lowest BCUT2D eigenvalue weighted by molar-refractivity contribution is 0.0534. The molecule has 0 aliphatic heterocycles. The normalized spacial score (nSPS) is 11.8. The van der Waals surface area contributed by atoms with E-state index in [9.17, 15) is 4.79 Å². The number of amides is 1. The molecular weight excluding hydrogens is 256 g/mol. The molecule has 0 aliphatic rings. The molecule has 6 heteroatoms. The number of nitrogens with zero attached hydrogens (tertiary/aromatic N) is 2. The quantitative estimate of drug-likeness (QED) is 0.613. The van der Waals surface area contributed by atoms with Crippen molar-refractivity contribution in [2.45, 2.75) is 32.9 Å². The van der Waals surface area contributed by atoms with Crippen LogP contribution in [0.4, 0.5) is 4.79 Å². The van der Waals surface area contributed by atoms with Gasteiger partial charge in [-0.25, -0.2) is 9.78 Å². The molecule has 0 radical (unpaired) electrons. The molecule has 1 heterocycles. The van der Waals surface area contributed by atoms with E-state index in [1.165, 1.54) is 0 Å². The van der Waals surface area contributed by atoms with Crippen molar-refractivity contribution < 1.29 is 9.53 Å². The van der Waals surface area contributed by atoms with Gasteiger partial charge >= 0.3 is 6.09 Å². The van der Waals surface area contributed by atoms with Crippen LogP contribution >= 0.6 is 0 Å². The van der Waals surface area contributed by atoms with E-state index >= 15 is 0 Å². The Morgan fingerprint density at radius 3 is 2.70 bits per heavy atom. The van der Waals surface area contributed by atoms with Crippen LogP contribution in [0.2, 0.25) is 0 Å². The van der Waals surface area contributed by atoms with Gasteiger partial charge in [0.25, 0.3) is 0 Å². The van der Waals surface area contributed by atoms with E-state index in [-0.39, 0.29) is 0 Å². The zero-order valence-electron chi connectivity index (χ0n) is 12.6. The fourth-order valence-corrected chi connectivity index (χ4v) is 1.46. The Kier molecular flexibility index (Phi) is 6.24. The molecular formula is C14H24N4O2. The van der Waals surface area contributed by atoms with Gasteiger partial charge in [-0.05, 0) is 20.8 Å². The molecule has 20 heavy (non-hydrogen) atoms. The summed E-state index contributed by atoms with van der Waals surface area (Å²) in [5, 5.41) is 5.93. The Bertz CT molecular complexity index is 446. The predicted octanol–water partition coefficient (Wildman–Crippen LogP) is 1.59. The first-order valence-electron chi connectivity index (χ1n) is 6.66. The van der Waals surface area contributed by atoms with Crippen LogP contribution in [-0.4, -0.2) is 34.3 Å². The van der Waals surface area contributed by atoms with Crippen LogP contribution in [0.25, 0.3) is 0 Å². The van der Waals surface area contributed by atoms with Crippen molar-refractivity contribution in [3.63, 3.8) is 0 Å². The number of carbonyl (C=O) groups excluding carboxylic acids is 1. The van der Waals surface area contributed by atoms with Gasteiger partial charge in [-0.2, -0.15) is 0 Å². The van der Waals surface area contributed by atoms with Crippen LogP contribution in [0.5, 0.6) is 0 Å². The second-order valence-electron chi connectivity index (χ2n) is 5.48. The van der Waals surface area contributed by atoms with E-state index in [1.807, 2.05) is 50.7 Å². The number of ether oxygens (including phenoxy) is 1. The van der Waals surface area contributed by atoms with Crippen LogP contribution in [0.15, 0.2) is 24.7 Å². The topological polar surface area (TPSA) is 68.2 Å². The molecule has 0 aliphatic carbocycles. The van der Waals surface area contributed by atoms with Gasteiger partial charge in [0.05, 0.1) is 12.0 Å². The van der Waals surface area contributed by atoms with E-state index in [0.717, 1.165) is 18.8 Å². The molecule has 6 nitrogen and oxygen atoms in total.